The van der Waals surface area contributed by atoms with E-state index in [4.69, 9.17) is 16.3 Å². The van der Waals surface area contributed by atoms with Gasteiger partial charge in [-0.1, -0.05) is 41.9 Å². The van der Waals surface area contributed by atoms with E-state index in [1.54, 1.807) is 25.4 Å². The predicted molar refractivity (Wildman–Crippen MR) is 137 cm³/mol. The molecule has 184 valence electrons. The summed E-state index contributed by atoms with van der Waals surface area (Å²) >= 11 is 6.49. The van der Waals surface area contributed by atoms with Crippen molar-refractivity contribution in [3.63, 3.8) is 0 Å². The number of hydrogen-bond donors (Lipinski definition) is 0. The summed E-state index contributed by atoms with van der Waals surface area (Å²) in [6, 6.07) is 11.1. The van der Waals surface area contributed by atoms with Gasteiger partial charge in [0.25, 0.3) is 0 Å². The Kier molecular flexibility index (Phi) is 5.61. The number of fused-ring (bicyclic) bond motifs is 3. The smallest absolute Gasteiger partial charge is 0.434 e. The van der Waals surface area contributed by atoms with Crippen LogP contribution in [-0.4, -0.2) is 69.6 Å². The lowest BCUT2D eigenvalue weighted by atomic mass is 9.95. The van der Waals surface area contributed by atoms with Crippen molar-refractivity contribution in [1.82, 2.24) is 19.9 Å². The molecule has 0 radical (unpaired) electrons. The Morgan fingerprint density at radius 3 is 2.86 bits per heavy atom. The molecule has 2 aromatic carbocycles. The lowest BCUT2D eigenvalue weighted by Gasteiger charge is -2.30. The van der Waals surface area contributed by atoms with Crippen molar-refractivity contribution in [2.75, 3.05) is 26.7 Å². The highest BCUT2D eigenvalue weighted by molar-refractivity contribution is 6.36. The van der Waals surface area contributed by atoms with Crippen LogP contribution in [0.5, 0.6) is 6.01 Å². The molecule has 2 saturated heterocycles. The fraction of sp³-hybridized carbons (Fsp3) is 0.333. The van der Waals surface area contributed by atoms with E-state index in [1.165, 1.54) is 4.58 Å². The van der Waals surface area contributed by atoms with E-state index in [0.717, 1.165) is 30.2 Å². The van der Waals surface area contributed by atoms with Crippen LogP contribution in [0.3, 0.4) is 0 Å². The zero-order valence-electron chi connectivity index (χ0n) is 19.8. The molecule has 36 heavy (non-hydrogen) atoms. The number of benzene rings is 2. The van der Waals surface area contributed by atoms with Crippen LogP contribution in [0, 0.1) is 5.82 Å². The highest BCUT2D eigenvalue weighted by atomic mass is 35.5. The molecule has 2 fully saturated rings. The molecule has 4 aromatic rings. The quantitative estimate of drug-likeness (QED) is 0.261. The van der Waals surface area contributed by atoms with Crippen LogP contribution in [0.15, 0.2) is 42.6 Å². The van der Waals surface area contributed by atoms with Crippen molar-refractivity contribution in [3.8, 4) is 17.3 Å². The summed E-state index contributed by atoms with van der Waals surface area (Å²) < 4.78 is 37.8. The van der Waals surface area contributed by atoms with Gasteiger partial charge < -0.3 is 4.74 Å². The first-order chi connectivity index (χ1) is 17.4. The lowest BCUT2D eigenvalue weighted by molar-refractivity contribution is -0.397. The summed E-state index contributed by atoms with van der Waals surface area (Å²) in [5, 5.41) is 2.53. The van der Waals surface area contributed by atoms with Gasteiger partial charge in [-0.15, -0.1) is 0 Å². The van der Waals surface area contributed by atoms with E-state index in [0.29, 0.717) is 34.8 Å². The molecule has 6 nitrogen and oxygen atoms in total. The topological polar surface area (TPSA) is 54.2 Å². The maximum absolute atomic E-state index is 16.1. The SMILES string of the molecule is C=[N+](C)c1nc(OC[C@@]23CCCN2C[C@H](F)C3)nc2c(F)c(-c3cccc4cccc(Cl)c34)ncc12. The minimum atomic E-state index is -0.869. The summed E-state index contributed by atoms with van der Waals surface area (Å²) in [5.41, 5.74) is 0.425. The molecule has 0 aliphatic carbocycles. The largest absolute Gasteiger partial charge is 0.443 e. The summed E-state index contributed by atoms with van der Waals surface area (Å²) in [4.78, 5) is 15.5. The molecule has 2 atom stereocenters. The molecule has 0 bridgehead atoms. The minimum absolute atomic E-state index is 0.0311. The molecule has 0 amide bonds. The van der Waals surface area contributed by atoms with Gasteiger partial charge in [0, 0.05) is 40.1 Å². The number of halogens is 3. The first-order valence-corrected chi connectivity index (χ1v) is 12.3. The van der Waals surface area contributed by atoms with E-state index in [-0.39, 0.29) is 29.4 Å². The van der Waals surface area contributed by atoms with E-state index < -0.39 is 12.0 Å². The molecule has 2 aromatic heterocycles. The fourth-order valence-corrected chi connectivity index (χ4v) is 5.99. The van der Waals surface area contributed by atoms with Crippen molar-refractivity contribution >= 4 is 45.8 Å². The molecule has 0 unspecified atom stereocenters. The van der Waals surface area contributed by atoms with Gasteiger partial charge in [0.1, 0.15) is 29.4 Å². The van der Waals surface area contributed by atoms with Gasteiger partial charge in [0.05, 0.1) is 19.3 Å². The van der Waals surface area contributed by atoms with Crippen LogP contribution in [0.2, 0.25) is 5.02 Å². The first-order valence-electron chi connectivity index (χ1n) is 12.0. The number of aromatic nitrogens is 3. The third-order valence-corrected chi connectivity index (χ3v) is 7.66. The summed E-state index contributed by atoms with van der Waals surface area (Å²) in [6.45, 7) is 5.45. The minimum Gasteiger partial charge on any atom is -0.443 e. The Morgan fingerprint density at radius 2 is 2.06 bits per heavy atom. The van der Waals surface area contributed by atoms with Crippen LogP contribution < -0.4 is 4.74 Å². The molecule has 0 N–H and O–H groups in total. The second-order valence-electron chi connectivity index (χ2n) is 9.72. The third-order valence-electron chi connectivity index (χ3n) is 7.34. The molecule has 4 heterocycles. The maximum atomic E-state index is 16.1. The Labute approximate surface area is 212 Å². The van der Waals surface area contributed by atoms with Crippen molar-refractivity contribution in [2.24, 2.45) is 0 Å². The van der Waals surface area contributed by atoms with Crippen LogP contribution in [0.4, 0.5) is 14.6 Å². The highest BCUT2D eigenvalue weighted by Crippen LogP contribution is 2.41. The number of pyridine rings is 1. The molecular formula is C27H25ClF2N5O+. The third kappa shape index (κ3) is 3.71. The normalized spacial score (nSPS) is 21.8. The van der Waals surface area contributed by atoms with Gasteiger partial charge in [0.2, 0.25) is 0 Å². The van der Waals surface area contributed by atoms with Gasteiger partial charge in [-0.2, -0.15) is 4.98 Å². The van der Waals surface area contributed by atoms with E-state index in [9.17, 15) is 4.39 Å². The summed E-state index contributed by atoms with van der Waals surface area (Å²) in [6.07, 6.45) is 2.96. The number of alkyl halides is 1. The second kappa shape index (κ2) is 8.71. The van der Waals surface area contributed by atoms with Crippen molar-refractivity contribution < 1.29 is 18.1 Å². The van der Waals surface area contributed by atoms with Crippen molar-refractivity contribution in [2.45, 2.75) is 31.0 Å². The van der Waals surface area contributed by atoms with Crippen LogP contribution in [0.25, 0.3) is 32.9 Å². The molecular weight excluding hydrogens is 484 g/mol. The Balaban J connectivity index is 1.45. The summed E-state index contributed by atoms with van der Waals surface area (Å²) in [5.74, 6) is -0.208. The zero-order chi connectivity index (χ0) is 25.0. The predicted octanol–water partition coefficient (Wildman–Crippen LogP) is 5.57. The Morgan fingerprint density at radius 1 is 1.25 bits per heavy atom. The average Bonchev–Trinajstić information content (AvgIpc) is 3.38. The number of hydrogen-bond acceptors (Lipinski definition) is 5. The molecule has 0 saturated carbocycles. The molecule has 6 rings (SSSR count). The molecule has 9 heteroatoms. The van der Waals surface area contributed by atoms with Crippen LogP contribution in [-0.2, 0) is 0 Å². The summed E-state index contributed by atoms with van der Waals surface area (Å²) in [7, 11) is 1.71. The van der Waals surface area contributed by atoms with E-state index in [2.05, 4.69) is 26.6 Å². The van der Waals surface area contributed by atoms with Gasteiger partial charge in [0.15, 0.2) is 5.82 Å². The standard InChI is InChI=1S/C27H25ClF2N5O/c1-34(2)25-19-13-31-23(18-8-3-6-16-7-4-9-20(28)21(16)18)22(30)24(19)32-26(33-25)36-15-27-10-5-11-35(27)14-17(29)12-27/h3-4,6-9,13,17H,1,5,10-12,14-15H2,2H3/q+1/t17-,27+/m1/s1. The van der Waals surface area contributed by atoms with Gasteiger partial charge in [-0.3, -0.25) is 9.88 Å². The van der Waals surface area contributed by atoms with Crippen molar-refractivity contribution in [3.05, 3.63) is 53.4 Å². The highest BCUT2D eigenvalue weighted by Gasteiger charge is 2.49. The molecule has 2 aliphatic rings. The molecule has 2 aliphatic heterocycles. The van der Waals surface area contributed by atoms with Gasteiger partial charge >= 0.3 is 11.8 Å². The Bertz CT molecular complexity index is 1520. The second-order valence-corrected chi connectivity index (χ2v) is 10.1. The lowest BCUT2D eigenvalue weighted by Crippen LogP contribution is -2.43. The van der Waals surface area contributed by atoms with Crippen LogP contribution >= 0.6 is 11.6 Å². The number of rotatable bonds is 5. The van der Waals surface area contributed by atoms with E-state index >= 15 is 4.39 Å². The first kappa shape index (κ1) is 23.2. The average molecular weight is 509 g/mol. The monoisotopic (exact) mass is 508 g/mol. The van der Waals surface area contributed by atoms with Gasteiger partial charge in [-0.05, 0) is 30.8 Å². The molecule has 0 spiro atoms. The van der Waals surface area contributed by atoms with Crippen LogP contribution in [0.1, 0.15) is 19.3 Å². The number of nitrogens with zero attached hydrogens (tertiary/aromatic N) is 5. The number of ether oxygens (including phenoxy) is 1. The fourth-order valence-electron chi connectivity index (χ4n) is 5.71. The van der Waals surface area contributed by atoms with Gasteiger partial charge in [-0.25, -0.2) is 13.4 Å². The zero-order valence-corrected chi connectivity index (χ0v) is 20.6. The Hall–Kier alpha value is -3.23. The van der Waals surface area contributed by atoms with Crippen molar-refractivity contribution in [1.29, 1.82) is 0 Å². The van der Waals surface area contributed by atoms with E-state index in [1.807, 2.05) is 24.3 Å². The maximum Gasteiger partial charge on any atom is 0.434 e.